The van der Waals surface area contributed by atoms with E-state index in [4.69, 9.17) is 0 Å². The number of hydrogen-bond donors (Lipinski definition) is 0. The van der Waals surface area contributed by atoms with Gasteiger partial charge in [0.2, 0.25) is 0 Å². The van der Waals surface area contributed by atoms with Crippen LogP contribution in [0.25, 0.3) is 76.5 Å². The molecule has 0 unspecified atom stereocenters. The van der Waals surface area contributed by atoms with Crippen molar-refractivity contribution >= 4 is 65.2 Å². The quantitative estimate of drug-likeness (QED) is 0.212. The molecule has 0 bridgehead atoms. The molecular weight excluding hydrogens is 536 g/mol. The van der Waals surface area contributed by atoms with E-state index in [9.17, 15) is 10.5 Å². The van der Waals surface area contributed by atoms with Crippen molar-refractivity contribution in [2.75, 3.05) is 0 Å². The van der Waals surface area contributed by atoms with Crippen molar-refractivity contribution in [3.8, 4) is 23.5 Å². The normalized spacial score (nSPS) is 11.6. The summed E-state index contributed by atoms with van der Waals surface area (Å²) in [6.07, 6.45) is 0. The summed E-state index contributed by atoms with van der Waals surface area (Å²) in [6, 6.07) is 50.9. The first-order chi connectivity index (χ1) is 21.7. The van der Waals surface area contributed by atoms with E-state index in [1.165, 1.54) is 10.8 Å². The minimum atomic E-state index is 0.451. The van der Waals surface area contributed by atoms with E-state index in [0.717, 1.165) is 65.8 Å². The third-order valence-electron chi connectivity index (χ3n) is 8.92. The minimum absolute atomic E-state index is 0.451. The van der Waals surface area contributed by atoms with Crippen molar-refractivity contribution in [3.63, 3.8) is 0 Å². The lowest BCUT2D eigenvalue weighted by molar-refractivity contribution is 1.12. The first-order valence-electron chi connectivity index (χ1n) is 14.6. The van der Waals surface area contributed by atoms with Gasteiger partial charge in [-0.2, -0.15) is 10.5 Å². The highest BCUT2D eigenvalue weighted by Crippen LogP contribution is 2.39. The van der Waals surface area contributed by atoms with Crippen LogP contribution in [0.2, 0.25) is 0 Å². The summed E-state index contributed by atoms with van der Waals surface area (Å²) in [5.74, 6) is 0. The van der Waals surface area contributed by atoms with E-state index in [2.05, 4.69) is 118 Å². The number of nitrogens with zero attached hydrogens (tertiary/aromatic N) is 4. The Bertz CT molecular complexity index is 2560. The highest BCUT2D eigenvalue weighted by atomic mass is 15.0. The predicted octanol–water partition coefficient (Wildman–Crippen LogP) is 9.93. The lowest BCUT2D eigenvalue weighted by Crippen LogP contribution is -2.04. The van der Waals surface area contributed by atoms with E-state index >= 15 is 0 Å². The lowest BCUT2D eigenvalue weighted by atomic mass is 10.0. The van der Waals surface area contributed by atoms with Crippen LogP contribution in [0.4, 0.5) is 0 Å². The Kier molecular flexibility index (Phi) is 5.00. The van der Waals surface area contributed by atoms with Crippen LogP contribution in [0.5, 0.6) is 0 Å². The molecule has 0 aliphatic heterocycles. The topological polar surface area (TPSA) is 57.4 Å². The van der Waals surface area contributed by atoms with Gasteiger partial charge >= 0.3 is 0 Å². The SMILES string of the molecule is N#Cc1cc(C#N)c(-n2c3ccccc3c3cc4ccccc4cc32)cc1-n1c2ccccc2c2cc3ccccc3cc21. The predicted molar refractivity (Wildman–Crippen MR) is 180 cm³/mol. The maximum absolute atomic E-state index is 10.5. The second kappa shape index (κ2) is 9.07. The molecule has 2 aromatic heterocycles. The molecule has 4 heteroatoms. The molecule has 9 aromatic rings. The van der Waals surface area contributed by atoms with Crippen molar-refractivity contribution in [1.29, 1.82) is 10.5 Å². The van der Waals surface area contributed by atoms with Crippen LogP contribution in [0.15, 0.2) is 133 Å². The molecule has 0 aliphatic carbocycles. The fraction of sp³-hybridized carbons (Fsp3) is 0. The zero-order chi connectivity index (χ0) is 29.4. The molecule has 9 rings (SSSR count). The van der Waals surface area contributed by atoms with E-state index in [0.29, 0.717) is 11.1 Å². The fourth-order valence-electron chi connectivity index (χ4n) is 6.96. The standard InChI is InChI=1S/C40H22N4/c41-23-29-17-30(24-42)38(44-36-16-8-6-14-32(36)34-19-26-10-2-4-12-28(26)21-40(34)44)22-37(29)43-35-15-7-5-13-31(35)33-18-25-9-1-3-11-27(25)20-39(33)43/h1-22H. The zero-order valence-corrected chi connectivity index (χ0v) is 23.5. The molecule has 44 heavy (non-hydrogen) atoms. The maximum Gasteiger partial charge on any atom is 0.101 e. The van der Waals surface area contributed by atoms with Gasteiger partial charge in [0.25, 0.3) is 0 Å². The van der Waals surface area contributed by atoms with Crippen LogP contribution in [0.3, 0.4) is 0 Å². The van der Waals surface area contributed by atoms with Gasteiger partial charge < -0.3 is 9.13 Å². The van der Waals surface area contributed by atoms with Crippen molar-refractivity contribution < 1.29 is 0 Å². The number of para-hydroxylation sites is 2. The van der Waals surface area contributed by atoms with Gasteiger partial charge in [0, 0.05) is 21.5 Å². The molecule has 0 atom stereocenters. The van der Waals surface area contributed by atoms with Gasteiger partial charge in [-0.05, 0) is 70.1 Å². The van der Waals surface area contributed by atoms with Gasteiger partial charge in [-0.15, -0.1) is 0 Å². The Hall–Kier alpha value is -6.36. The number of fused-ring (bicyclic) bond motifs is 8. The molecule has 0 aliphatic rings. The highest BCUT2D eigenvalue weighted by molar-refractivity contribution is 6.15. The van der Waals surface area contributed by atoms with E-state index < -0.39 is 0 Å². The summed E-state index contributed by atoms with van der Waals surface area (Å²) in [7, 11) is 0. The Balaban J connectivity index is 1.44. The summed E-state index contributed by atoms with van der Waals surface area (Å²) < 4.78 is 4.37. The second-order valence-electron chi connectivity index (χ2n) is 11.2. The van der Waals surface area contributed by atoms with E-state index in [-0.39, 0.29) is 0 Å². The number of hydrogen-bond acceptors (Lipinski definition) is 2. The lowest BCUT2D eigenvalue weighted by Gasteiger charge is -2.16. The summed E-state index contributed by atoms with van der Waals surface area (Å²) in [5, 5.41) is 30.0. The minimum Gasteiger partial charge on any atom is -0.308 e. The van der Waals surface area contributed by atoms with Crippen LogP contribution in [0, 0.1) is 22.7 Å². The molecule has 2 heterocycles. The monoisotopic (exact) mass is 558 g/mol. The summed E-state index contributed by atoms with van der Waals surface area (Å²) in [4.78, 5) is 0. The molecule has 0 amide bonds. The average molecular weight is 559 g/mol. The smallest absolute Gasteiger partial charge is 0.101 e. The van der Waals surface area contributed by atoms with E-state index in [1.54, 1.807) is 6.07 Å². The third-order valence-corrected chi connectivity index (χ3v) is 8.92. The Morgan fingerprint density at radius 1 is 0.364 bits per heavy atom. The molecule has 0 fully saturated rings. The van der Waals surface area contributed by atoms with Crippen LogP contribution in [-0.4, -0.2) is 9.13 Å². The molecule has 7 aromatic carbocycles. The largest absolute Gasteiger partial charge is 0.308 e. The fourth-order valence-corrected chi connectivity index (χ4v) is 6.96. The molecule has 0 N–H and O–H groups in total. The van der Waals surface area contributed by atoms with Crippen LogP contribution < -0.4 is 0 Å². The molecule has 0 saturated heterocycles. The first kappa shape index (κ1) is 24.3. The van der Waals surface area contributed by atoms with Gasteiger partial charge in [-0.1, -0.05) is 84.9 Å². The Labute approximate surface area is 252 Å². The molecule has 0 saturated carbocycles. The van der Waals surface area contributed by atoms with Gasteiger partial charge in [0.15, 0.2) is 0 Å². The summed E-state index contributed by atoms with van der Waals surface area (Å²) in [6.45, 7) is 0. The van der Waals surface area contributed by atoms with Gasteiger partial charge in [-0.3, -0.25) is 0 Å². The highest BCUT2D eigenvalue weighted by Gasteiger charge is 2.21. The first-order valence-corrected chi connectivity index (χ1v) is 14.6. The summed E-state index contributed by atoms with van der Waals surface area (Å²) >= 11 is 0. The number of benzene rings is 7. The van der Waals surface area contributed by atoms with Crippen LogP contribution >= 0.6 is 0 Å². The number of rotatable bonds is 2. The molecule has 0 spiro atoms. The number of nitriles is 2. The van der Waals surface area contributed by atoms with Crippen LogP contribution in [0.1, 0.15) is 11.1 Å². The van der Waals surface area contributed by atoms with Crippen molar-refractivity contribution in [2.45, 2.75) is 0 Å². The average Bonchev–Trinajstić information content (AvgIpc) is 3.57. The zero-order valence-electron chi connectivity index (χ0n) is 23.5. The number of aromatic nitrogens is 2. The van der Waals surface area contributed by atoms with Crippen molar-refractivity contribution in [3.05, 3.63) is 145 Å². The van der Waals surface area contributed by atoms with Gasteiger partial charge in [-0.25, -0.2) is 0 Å². The molecule has 202 valence electrons. The van der Waals surface area contributed by atoms with Gasteiger partial charge in [0.05, 0.1) is 44.6 Å². The maximum atomic E-state index is 10.5. The van der Waals surface area contributed by atoms with Crippen molar-refractivity contribution in [2.24, 2.45) is 0 Å². The second-order valence-corrected chi connectivity index (χ2v) is 11.2. The van der Waals surface area contributed by atoms with Crippen molar-refractivity contribution in [1.82, 2.24) is 9.13 Å². The van der Waals surface area contributed by atoms with Crippen LogP contribution in [-0.2, 0) is 0 Å². The molecular formula is C40H22N4. The molecule has 0 radical (unpaired) electrons. The summed E-state index contributed by atoms with van der Waals surface area (Å²) in [5.41, 5.74) is 6.45. The Morgan fingerprint density at radius 2 is 0.750 bits per heavy atom. The molecule has 4 nitrogen and oxygen atoms in total. The Morgan fingerprint density at radius 3 is 1.18 bits per heavy atom. The van der Waals surface area contributed by atoms with E-state index in [1.807, 2.05) is 30.3 Å². The third kappa shape index (κ3) is 3.31. The van der Waals surface area contributed by atoms with Gasteiger partial charge in [0.1, 0.15) is 12.1 Å².